The lowest BCUT2D eigenvalue weighted by Crippen LogP contribution is -2.40. The summed E-state index contributed by atoms with van der Waals surface area (Å²) < 4.78 is 13.1. The number of hydrogen-bond donors (Lipinski definition) is 2. The first-order valence-electron chi connectivity index (χ1n) is 6.44. The van der Waals surface area contributed by atoms with Crippen molar-refractivity contribution in [1.82, 2.24) is 5.32 Å². The lowest BCUT2D eigenvalue weighted by molar-refractivity contribution is -0.136. The van der Waals surface area contributed by atoms with Crippen LogP contribution in [-0.2, 0) is 9.59 Å². The molecule has 0 radical (unpaired) electrons. The number of hydrogen-bond acceptors (Lipinski definition) is 2. The summed E-state index contributed by atoms with van der Waals surface area (Å²) in [7, 11) is 0. The van der Waals surface area contributed by atoms with Crippen LogP contribution in [0.1, 0.15) is 31.2 Å². The van der Waals surface area contributed by atoms with Crippen molar-refractivity contribution in [3.8, 4) is 0 Å². The average Bonchev–Trinajstić information content (AvgIpc) is 2.86. The smallest absolute Gasteiger partial charge is 0.313 e. The van der Waals surface area contributed by atoms with Gasteiger partial charge in [-0.3, -0.25) is 9.59 Å². The normalized spacial score (nSPS) is 15.3. The molecule has 19 heavy (non-hydrogen) atoms. The molecule has 1 aromatic carbocycles. The fourth-order valence-corrected chi connectivity index (χ4v) is 2.23. The Labute approximate surface area is 111 Å². The molecule has 0 bridgehead atoms. The first-order chi connectivity index (χ1) is 9.06. The van der Waals surface area contributed by atoms with Gasteiger partial charge in [-0.15, -0.1) is 0 Å². The van der Waals surface area contributed by atoms with E-state index in [-0.39, 0.29) is 6.04 Å². The SMILES string of the molecule is Cc1ccc(F)cc1NC(=O)C(=O)NC1CCCC1. The monoisotopic (exact) mass is 264 g/mol. The Hall–Kier alpha value is -1.91. The molecular weight excluding hydrogens is 247 g/mol. The van der Waals surface area contributed by atoms with Crippen LogP contribution in [0.4, 0.5) is 10.1 Å². The minimum absolute atomic E-state index is 0.0897. The predicted molar refractivity (Wildman–Crippen MR) is 70.2 cm³/mol. The Bertz CT molecular complexity index is 496. The minimum Gasteiger partial charge on any atom is -0.345 e. The highest BCUT2D eigenvalue weighted by atomic mass is 19.1. The van der Waals surface area contributed by atoms with Gasteiger partial charge in [0.1, 0.15) is 5.82 Å². The topological polar surface area (TPSA) is 58.2 Å². The van der Waals surface area contributed by atoms with E-state index in [9.17, 15) is 14.0 Å². The number of aryl methyl sites for hydroxylation is 1. The van der Waals surface area contributed by atoms with Gasteiger partial charge in [0, 0.05) is 11.7 Å². The maximum atomic E-state index is 13.1. The van der Waals surface area contributed by atoms with Crippen LogP contribution in [-0.4, -0.2) is 17.9 Å². The maximum absolute atomic E-state index is 13.1. The number of benzene rings is 1. The van der Waals surface area contributed by atoms with E-state index in [4.69, 9.17) is 0 Å². The van der Waals surface area contributed by atoms with Crippen molar-refractivity contribution in [1.29, 1.82) is 0 Å². The fraction of sp³-hybridized carbons (Fsp3) is 0.429. The van der Waals surface area contributed by atoms with Crippen LogP contribution in [0.3, 0.4) is 0 Å². The molecule has 102 valence electrons. The first-order valence-corrected chi connectivity index (χ1v) is 6.44. The van der Waals surface area contributed by atoms with Crippen LogP contribution in [0.2, 0.25) is 0 Å². The van der Waals surface area contributed by atoms with Crippen LogP contribution >= 0.6 is 0 Å². The molecule has 0 atom stereocenters. The van der Waals surface area contributed by atoms with Crippen molar-refractivity contribution >= 4 is 17.5 Å². The molecule has 0 unspecified atom stereocenters. The van der Waals surface area contributed by atoms with Crippen molar-refractivity contribution < 1.29 is 14.0 Å². The molecule has 0 spiro atoms. The van der Waals surface area contributed by atoms with Gasteiger partial charge in [-0.05, 0) is 37.5 Å². The Morgan fingerprint density at radius 1 is 1.21 bits per heavy atom. The van der Waals surface area contributed by atoms with Crippen molar-refractivity contribution in [3.05, 3.63) is 29.6 Å². The Morgan fingerprint density at radius 2 is 1.89 bits per heavy atom. The Kier molecular flexibility index (Phi) is 4.14. The van der Waals surface area contributed by atoms with Gasteiger partial charge in [-0.2, -0.15) is 0 Å². The van der Waals surface area contributed by atoms with Gasteiger partial charge in [0.05, 0.1) is 0 Å². The summed E-state index contributed by atoms with van der Waals surface area (Å²) >= 11 is 0. The van der Waals surface area contributed by atoms with Gasteiger partial charge in [-0.25, -0.2) is 4.39 Å². The zero-order valence-electron chi connectivity index (χ0n) is 10.8. The van der Waals surface area contributed by atoms with E-state index >= 15 is 0 Å². The number of nitrogens with one attached hydrogen (secondary N) is 2. The lowest BCUT2D eigenvalue weighted by atomic mass is 10.2. The van der Waals surface area contributed by atoms with Crippen molar-refractivity contribution in [2.45, 2.75) is 38.6 Å². The van der Waals surface area contributed by atoms with Crippen LogP contribution < -0.4 is 10.6 Å². The van der Waals surface area contributed by atoms with Gasteiger partial charge in [0.2, 0.25) is 0 Å². The highest BCUT2D eigenvalue weighted by Crippen LogP contribution is 2.18. The quantitative estimate of drug-likeness (QED) is 0.804. The second-order valence-electron chi connectivity index (χ2n) is 4.87. The van der Waals surface area contributed by atoms with E-state index in [1.165, 1.54) is 12.1 Å². The minimum atomic E-state index is -0.749. The largest absolute Gasteiger partial charge is 0.345 e. The summed E-state index contributed by atoms with van der Waals surface area (Å²) in [5.74, 6) is -1.85. The first kappa shape index (κ1) is 13.5. The summed E-state index contributed by atoms with van der Waals surface area (Å²) in [4.78, 5) is 23.4. The second-order valence-corrected chi connectivity index (χ2v) is 4.87. The Balaban J connectivity index is 1.96. The predicted octanol–water partition coefficient (Wildman–Crippen LogP) is 2.13. The van der Waals surface area contributed by atoms with E-state index in [1.807, 2.05) is 0 Å². The van der Waals surface area contributed by atoms with Gasteiger partial charge in [-0.1, -0.05) is 18.9 Å². The molecule has 1 aromatic rings. The summed E-state index contributed by atoms with van der Waals surface area (Å²) in [6.07, 6.45) is 3.99. The molecule has 1 aliphatic carbocycles. The number of halogens is 1. The zero-order valence-corrected chi connectivity index (χ0v) is 10.8. The van der Waals surface area contributed by atoms with Crippen LogP contribution in [0.5, 0.6) is 0 Å². The average molecular weight is 264 g/mol. The third-order valence-electron chi connectivity index (χ3n) is 3.34. The number of rotatable bonds is 2. The lowest BCUT2D eigenvalue weighted by Gasteiger charge is -2.12. The standard InChI is InChI=1S/C14H17FN2O2/c1-9-6-7-10(15)8-12(9)17-14(19)13(18)16-11-4-2-3-5-11/h6-8,11H,2-5H2,1H3,(H,16,18)(H,17,19). The molecule has 2 amide bonds. The van der Waals surface area contributed by atoms with Crippen molar-refractivity contribution in [2.75, 3.05) is 5.32 Å². The number of carbonyl (C=O) groups is 2. The molecule has 0 aromatic heterocycles. The van der Waals surface area contributed by atoms with Crippen LogP contribution in [0, 0.1) is 12.7 Å². The summed E-state index contributed by atoms with van der Waals surface area (Å²) in [6.45, 7) is 1.74. The van der Waals surface area contributed by atoms with E-state index < -0.39 is 17.6 Å². The van der Waals surface area contributed by atoms with Crippen LogP contribution in [0.15, 0.2) is 18.2 Å². The molecule has 1 aliphatic rings. The van der Waals surface area contributed by atoms with Crippen molar-refractivity contribution in [2.24, 2.45) is 0 Å². The van der Waals surface area contributed by atoms with E-state index in [2.05, 4.69) is 10.6 Å². The molecule has 0 aliphatic heterocycles. The molecule has 0 saturated heterocycles. The summed E-state index contributed by atoms with van der Waals surface area (Å²) in [5.41, 5.74) is 1.04. The summed E-state index contributed by atoms with van der Waals surface area (Å²) in [6, 6.07) is 4.16. The van der Waals surface area contributed by atoms with Gasteiger partial charge < -0.3 is 10.6 Å². The molecule has 4 nitrogen and oxygen atoms in total. The second kappa shape index (κ2) is 5.82. The molecule has 1 fully saturated rings. The maximum Gasteiger partial charge on any atom is 0.313 e. The Morgan fingerprint density at radius 3 is 2.58 bits per heavy atom. The molecular formula is C14H17FN2O2. The zero-order chi connectivity index (χ0) is 13.8. The van der Waals surface area contributed by atoms with E-state index in [1.54, 1.807) is 13.0 Å². The molecule has 2 rings (SSSR count). The van der Waals surface area contributed by atoms with E-state index in [0.717, 1.165) is 25.7 Å². The molecule has 1 saturated carbocycles. The highest BCUT2D eigenvalue weighted by Gasteiger charge is 2.21. The fourth-order valence-electron chi connectivity index (χ4n) is 2.23. The molecule has 0 heterocycles. The van der Waals surface area contributed by atoms with Crippen LogP contribution in [0.25, 0.3) is 0 Å². The van der Waals surface area contributed by atoms with Crippen molar-refractivity contribution in [3.63, 3.8) is 0 Å². The third kappa shape index (κ3) is 3.53. The van der Waals surface area contributed by atoms with Gasteiger partial charge >= 0.3 is 11.8 Å². The number of carbonyl (C=O) groups excluding carboxylic acids is 2. The van der Waals surface area contributed by atoms with E-state index in [0.29, 0.717) is 11.3 Å². The highest BCUT2D eigenvalue weighted by molar-refractivity contribution is 6.39. The van der Waals surface area contributed by atoms with Gasteiger partial charge in [0.15, 0.2) is 0 Å². The number of amides is 2. The number of anilines is 1. The molecule has 2 N–H and O–H groups in total. The van der Waals surface area contributed by atoms with Gasteiger partial charge in [0.25, 0.3) is 0 Å². The molecule has 5 heteroatoms. The summed E-state index contributed by atoms with van der Waals surface area (Å²) in [5, 5.41) is 5.12. The third-order valence-corrected chi connectivity index (χ3v) is 3.34.